The van der Waals surface area contributed by atoms with Crippen LogP contribution in [0.4, 0.5) is 0 Å². The minimum absolute atomic E-state index is 0.249. The molecule has 2 N–H and O–H groups in total. The first-order chi connectivity index (χ1) is 15.2. The molecule has 0 aliphatic heterocycles. The first kappa shape index (κ1) is 19.4. The predicted molar refractivity (Wildman–Crippen MR) is 126 cm³/mol. The molecule has 0 saturated carbocycles. The zero-order chi connectivity index (χ0) is 21.2. The Labute approximate surface area is 180 Å². The average Bonchev–Trinajstić information content (AvgIpc) is 2.82. The first-order valence-corrected chi connectivity index (χ1v) is 10.4. The van der Waals surface area contributed by atoms with Gasteiger partial charge >= 0.3 is 0 Å². The van der Waals surface area contributed by atoms with Gasteiger partial charge < -0.3 is 14.9 Å². The highest BCUT2D eigenvalue weighted by atomic mass is 16.5. The normalized spacial score (nSPS) is 12.2. The van der Waals surface area contributed by atoms with Gasteiger partial charge in [0.05, 0.1) is 19.3 Å². The van der Waals surface area contributed by atoms with Gasteiger partial charge in [-0.3, -0.25) is 0 Å². The Kier molecular flexibility index (Phi) is 5.18. The molecule has 0 bridgehead atoms. The van der Waals surface area contributed by atoms with Crippen LogP contribution in [0, 0.1) is 11.8 Å². The topological polar surface area (TPSA) is 49.7 Å². The van der Waals surface area contributed by atoms with E-state index in [1.807, 2.05) is 24.3 Å². The van der Waals surface area contributed by atoms with Crippen molar-refractivity contribution in [1.82, 2.24) is 0 Å². The van der Waals surface area contributed by atoms with Crippen molar-refractivity contribution >= 4 is 32.3 Å². The van der Waals surface area contributed by atoms with Gasteiger partial charge in [0.15, 0.2) is 0 Å². The molecule has 31 heavy (non-hydrogen) atoms. The summed E-state index contributed by atoms with van der Waals surface area (Å²) in [6.45, 7) is 0.108. The molecule has 5 rings (SSSR count). The Hall–Kier alpha value is -3.58. The van der Waals surface area contributed by atoms with Crippen LogP contribution in [-0.2, 0) is 0 Å². The molecule has 0 spiro atoms. The second-order valence-electron chi connectivity index (χ2n) is 7.72. The lowest BCUT2D eigenvalue weighted by Gasteiger charge is -2.11. The van der Waals surface area contributed by atoms with Crippen LogP contribution in [0.3, 0.4) is 0 Å². The van der Waals surface area contributed by atoms with Crippen LogP contribution in [0.2, 0.25) is 0 Å². The third kappa shape index (κ3) is 3.80. The van der Waals surface area contributed by atoms with Crippen molar-refractivity contribution in [2.45, 2.75) is 12.5 Å². The maximum absolute atomic E-state index is 9.38. The minimum atomic E-state index is -0.740. The van der Waals surface area contributed by atoms with E-state index < -0.39 is 6.10 Å². The van der Waals surface area contributed by atoms with E-state index in [0.29, 0.717) is 13.0 Å². The van der Waals surface area contributed by atoms with Gasteiger partial charge in [0, 0.05) is 17.5 Å². The lowest BCUT2D eigenvalue weighted by Crippen LogP contribution is -2.15. The van der Waals surface area contributed by atoms with Crippen molar-refractivity contribution in [3.8, 4) is 17.6 Å². The van der Waals surface area contributed by atoms with Crippen LogP contribution in [0.5, 0.6) is 5.75 Å². The van der Waals surface area contributed by atoms with Crippen LogP contribution in [0.25, 0.3) is 32.3 Å². The summed E-state index contributed by atoms with van der Waals surface area (Å²) in [7, 11) is 0. The van der Waals surface area contributed by atoms with Gasteiger partial charge in [-0.2, -0.15) is 0 Å². The summed E-state index contributed by atoms with van der Waals surface area (Å²) in [5, 5.41) is 25.7. The van der Waals surface area contributed by atoms with E-state index in [2.05, 4.69) is 66.4 Å². The first-order valence-electron chi connectivity index (χ1n) is 10.4. The van der Waals surface area contributed by atoms with Gasteiger partial charge in [0.1, 0.15) is 5.75 Å². The van der Waals surface area contributed by atoms with E-state index in [0.717, 1.165) is 16.9 Å². The summed E-state index contributed by atoms with van der Waals surface area (Å²) in [5.41, 5.74) is 1.93. The van der Waals surface area contributed by atoms with Crippen molar-refractivity contribution in [3.05, 3.63) is 90.0 Å². The highest BCUT2D eigenvalue weighted by molar-refractivity contribution is 6.23. The zero-order valence-corrected chi connectivity index (χ0v) is 17.0. The molecule has 5 aromatic carbocycles. The smallest absolute Gasteiger partial charge is 0.119 e. The van der Waals surface area contributed by atoms with Gasteiger partial charge in [-0.25, -0.2) is 0 Å². The van der Waals surface area contributed by atoms with Crippen molar-refractivity contribution in [2.24, 2.45) is 0 Å². The molecule has 0 saturated heterocycles. The molecule has 0 amide bonds. The minimum Gasteiger partial charge on any atom is -0.493 e. The molecular formula is C28H22O3. The van der Waals surface area contributed by atoms with Gasteiger partial charge in [-0.1, -0.05) is 60.4 Å². The number of ether oxygens (including phenoxy) is 1. The molecule has 0 aromatic heterocycles. The Morgan fingerprint density at radius 1 is 0.742 bits per heavy atom. The van der Waals surface area contributed by atoms with E-state index in [1.54, 1.807) is 0 Å². The lowest BCUT2D eigenvalue weighted by atomic mass is 9.92. The molecule has 5 aromatic rings. The quantitative estimate of drug-likeness (QED) is 0.315. The average molecular weight is 406 g/mol. The van der Waals surface area contributed by atoms with Gasteiger partial charge in [-0.15, -0.1) is 0 Å². The fraction of sp³-hybridized carbons (Fsp3) is 0.143. The number of aliphatic hydroxyl groups excluding tert-OH is 2. The summed E-state index contributed by atoms with van der Waals surface area (Å²) in [6, 6.07) is 27.0. The second-order valence-corrected chi connectivity index (χ2v) is 7.72. The number of aliphatic hydroxyl groups is 2. The standard InChI is InChI=1S/C28H22O3/c29-18-24(30)16-17-31-25-13-5-19(6-14-25)4-7-20-8-9-23-11-10-21-2-1-3-22-12-15-26(20)28(23)27(21)22/h1-3,5-6,8-15,24,29-30H,16-18H2/t24-/m0/s1. The molecule has 0 heterocycles. The molecule has 152 valence electrons. The summed E-state index contributed by atoms with van der Waals surface area (Å²) in [6.07, 6.45) is -0.345. The van der Waals surface area contributed by atoms with Crippen molar-refractivity contribution in [1.29, 1.82) is 0 Å². The van der Waals surface area contributed by atoms with E-state index in [4.69, 9.17) is 9.84 Å². The van der Waals surface area contributed by atoms with Crippen LogP contribution in [0.15, 0.2) is 78.9 Å². The Morgan fingerprint density at radius 3 is 2.16 bits per heavy atom. The summed E-state index contributed by atoms with van der Waals surface area (Å²) in [4.78, 5) is 0. The molecule has 3 nitrogen and oxygen atoms in total. The number of rotatable bonds is 5. The number of hydrogen-bond donors (Lipinski definition) is 2. The third-order valence-corrected chi connectivity index (χ3v) is 5.66. The monoisotopic (exact) mass is 406 g/mol. The Balaban J connectivity index is 1.44. The Morgan fingerprint density at radius 2 is 1.42 bits per heavy atom. The van der Waals surface area contributed by atoms with Gasteiger partial charge in [-0.05, 0) is 62.6 Å². The van der Waals surface area contributed by atoms with E-state index in [-0.39, 0.29) is 6.61 Å². The number of benzene rings is 5. The molecule has 0 aliphatic rings. The lowest BCUT2D eigenvalue weighted by molar-refractivity contribution is 0.0754. The fourth-order valence-electron chi connectivity index (χ4n) is 4.02. The van der Waals surface area contributed by atoms with E-state index in [9.17, 15) is 5.11 Å². The van der Waals surface area contributed by atoms with E-state index >= 15 is 0 Å². The molecule has 0 unspecified atom stereocenters. The molecule has 0 aliphatic carbocycles. The van der Waals surface area contributed by atoms with Crippen molar-refractivity contribution in [2.75, 3.05) is 13.2 Å². The second kappa shape index (κ2) is 8.28. The molecule has 0 fully saturated rings. The summed E-state index contributed by atoms with van der Waals surface area (Å²) >= 11 is 0. The third-order valence-electron chi connectivity index (χ3n) is 5.66. The molecular weight excluding hydrogens is 384 g/mol. The van der Waals surface area contributed by atoms with Gasteiger partial charge in [0.25, 0.3) is 0 Å². The van der Waals surface area contributed by atoms with Crippen LogP contribution >= 0.6 is 0 Å². The molecule has 1 atom stereocenters. The summed E-state index contributed by atoms with van der Waals surface area (Å²) in [5.74, 6) is 7.34. The number of hydrogen-bond acceptors (Lipinski definition) is 3. The fourth-order valence-corrected chi connectivity index (χ4v) is 4.02. The Bertz CT molecular complexity index is 1390. The van der Waals surface area contributed by atoms with Crippen LogP contribution < -0.4 is 4.74 Å². The molecule has 3 heteroatoms. The SMILES string of the molecule is OC[C@@H](O)CCOc1ccc(C#Cc2ccc3ccc4cccc5ccc2c3c45)cc1. The van der Waals surface area contributed by atoms with Crippen molar-refractivity contribution < 1.29 is 14.9 Å². The largest absolute Gasteiger partial charge is 0.493 e. The molecule has 0 radical (unpaired) electrons. The van der Waals surface area contributed by atoms with Crippen LogP contribution in [-0.4, -0.2) is 29.5 Å². The van der Waals surface area contributed by atoms with E-state index in [1.165, 1.54) is 32.3 Å². The van der Waals surface area contributed by atoms with Gasteiger partial charge in [0.2, 0.25) is 0 Å². The highest BCUT2D eigenvalue weighted by Crippen LogP contribution is 2.35. The zero-order valence-electron chi connectivity index (χ0n) is 17.0. The maximum atomic E-state index is 9.38. The van der Waals surface area contributed by atoms with Crippen LogP contribution in [0.1, 0.15) is 17.5 Å². The predicted octanol–water partition coefficient (Wildman–Crippen LogP) is 5.11. The highest BCUT2D eigenvalue weighted by Gasteiger charge is 2.09. The van der Waals surface area contributed by atoms with Crippen molar-refractivity contribution in [3.63, 3.8) is 0 Å². The maximum Gasteiger partial charge on any atom is 0.119 e. The summed E-state index contributed by atoms with van der Waals surface area (Å²) < 4.78 is 5.60.